The van der Waals surface area contributed by atoms with E-state index in [0.29, 0.717) is 32.3 Å². The van der Waals surface area contributed by atoms with Crippen molar-refractivity contribution in [3.63, 3.8) is 0 Å². The van der Waals surface area contributed by atoms with Gasteiger partial charge in [0, 0.05) is 12.1 Å². The number of para-hydroxylation sites is 1. The molecule has 1 unspecified atom stereocenters. The number of hydrogen-bond donors (Lipinski definition) is 5. The molecule has 278 valence electrons. The van der Waals surface area contributed by atoms with Crippen molar-refractivity contribution in [3.8, 4) is 0 Å². The first kappa shape index (κ1) is 40.2. The minimum atomic E-state index is -1.01. The van der Waals surface area contributed by atoms with Gasteiger partial charge in [-0.25, -0.2) is 0 Å². The summed E-state index contributed by atoms with van der Waals surface area (Å²) < 4.78 is 5.42. The second-order valence-corrected chi connectivity index (χ2v) is 15.0. The highest BCUT2D eigenvalue weighted by Gasteiger charge is 2.50. The molecule has 0 aromatic heterocycles. The van der Waals surface area contributed by atoms with E-state index in [4.69, 9.17) is 17.0 Å². The van der Waals surface area contributed by atoms with E-state index in [9.17, 15) is 19.2 Å². The fraction of sp³-hybridized carbons (Fsp3) is 0.439. The van der Waals surface area contributed by atoms with Crippen molar-refractivity contribution in [3.05, 3.63) is 102 Å². The minimum absolute atomic E-state index is 0.0429. The van der Waals surface area contributed by atoms with Gasteiger partial charge in [0.2, 0.25) is 17.7 Å². The number of nitrogens with one attached hydrogen (secondary N) is 5. The second-order valence-electron chi connectivity index (χ2n) is 14.6. The fourth-order valence-corrected chi connectivity index (χ4v) is 6.23. The Bertz CT molecular complexity index is 1630. The number of carbonyl (C=O) groups excluding carboxylic acids is 4. The summed E-state index contributed by atoms with van der Waals surface area (Å²) >= 11 is 5.59. The van der Waals surface area contributed by atoms with E-state index in [0.717, 1.165) is 16.8 Å². The maximum Gasteiger partial charge on any atom is 0.243 e. The molecular formula is C41H53N5O5S. The molecule has 1 aliphatic heterocycles. The highest BCUT2D eigenvalue weighted by atomic mass is 32.1. The molecule has 1 aliphatic rings. The number of Topliss-reactive ketones (excluding diaryl/α,β-unsaturated/α-hetero) is 1. The quantitative estimate of drug-likeness (QED) is 0.0847. The summed E-state index contributed by atoms with van der Waals surface area (Å²) in [4.78, 5) is 55.4. The van der Waals surface area contributed by atoms with E-state index < -0.39 is 47.5 Å². The first-order valence-electron chi connectivity index (χ1n) is 18.1. The molecule has 0 aliphatic carbocycles. The van der Waals surface area contributed by atoms with Crippen LogP contribution in [0.2, 0.25) is 0 Å². The van der Waals surface area contributed by atoms with Gasteiger partial charge in [-0.05, 0) is 79.9 Å². The van der Waals surface area contributed by atoms with E-state index in [2.05, 4.69) is 26.6 Å². The van der Waals surface area contributed by atoms with Crippen molar-refractivity contribution in [2.24, 2.45) is 11.8 Å². The van der Waals surface area contributed by atoms with Crippen molar-refractivity contribution in [1.82, 2.24) is 21.3 Å². The Hall–Kier alpha value is -4.61. The van der Waals surface area contributed by atoms with Crippen LogP contribution in [0.3, 0.4) is 0 Å². The SMILES string of the molecule is CC(C)C[C@H](NC(=O)[C@H](CCc1ccccc1)NC(=S)Nc1ccccc1)C(=O)N[C@@H](Cc1ccccc1)C(=O)N[C@@H](CC(C)C)C(=O)C1(C)CO1. The van der Waals surface area contributed by atoms with Gasteiger partial charge in [-0.3, -0.25) is 19.2 Å². The summed E-state index contributed by atoms with van der Waals surface area (Å²) in [5.74, 6) is -1.37. The number of thiocarbonyl (C=S) groups is 1. The zero-order valence-corrected chi connectivity index (χ0v) is 31.6. The van der Waals surface area contributed by atoms with E-state index in [-0.39, 0.29) is 29.2 Å². The van der Waals surface area contributed by atoms with Gasteiger partial charge in [0.05, 0.1) is 12.6 Å². The van der Waals surface area contributed by atoms with Crippen LogP contribution in [0, 0.1) is 11.8 Å². The maximum atomic E-state index is 14.1. The monoisotopic (exact) mass is 727 g/mol. The van der Waals surface area contributed by atoms with E-state index in [1.54, 1.807) is 6.92 Å². The lowest BCUT2D eigenvalue weighted by Crippen LogP contribution is -2.59. The van der Waals surface area contributed by atoms with Crippen LogP contribution in [0.25, 0.3) is 0 Å². The number of amides is 3. The third-order valence-corrected chi connectivity index (χ3v) is 9.13. The third kappa shape index (κ3) is 12.9. The van der Waals surface area contributed by atoms with Crippen LogP contribution in [0.15, 0.2) is 91.0 Å². The molecule has 1 saturated heterocycles. The molecule has 3 amide bonds. The van der Waals surface area contributed by atoms with Crippen molar-refractivity contribution in [2.45, 2.75) is 96.5 Å². The van der Waals surface area contributed by atoms with Crippen molar-refractivity contribution in [2.75, 3.05) is 11.9 Å². The molecule has 10 nitrogen and oxygen atoms in total. The second kappa shape index (κ2) is 19.3. The fourth-order valence-electron chi connectivity index (χ4n) is 5.97. The molecule has 0 spiro atoms. The number of rotatable bonds is 19. The largest absolute Gasteiger partial charge is 0.361 e. The highest BCUT2D eigenvalue weighted by molar-refractivity contribution is 7.80. The predicted octanol–water partition coefficient (Wildman–Crippen LogP) is 5.12. The van der Waals surface area contributed by atoms with Crippen LogP contribution >= 0.6 is 12.2 Å². The van der Waals surface area contributed by atoms with Crippen molar-refractivity contribution >= 4 is 46.5 Å². The molecule has 11 heteroatoms. The van der Waals surface area contributed by atoms with Gasteiger partial charge in [0.15, 0.2) is 10.9 Å². The van der Waals surface area contributed by atoms with Crippen LogP contribution in [-0.4, -0.2) is 65.0 Å². The standard InChI is InChI=1S/C41H53N5O5S/c1-27(2)23-33(36(47)41(5)26-51-41)43-39(50)35(25-30-17-11-7-12-18-30)45-38(49)34(24-28(3)4)44-37(48)32(22-21-29-15-9-6-10-16-29)46-40(52)42-31-19-13-8-14-20-31/h6-20,27-28,32-35H,21-26H2,1-5H3,(H,43,50)(H,44,48)(H,45,49)(H2,42,46,52)/t32-,33-,34-,35-,41?/m0/s1. The number of benzene rings is 3. The van der Waals surface area contributed by atoms with Crippen LogP contribution < -0.4 is 26.6 Å². The normalized spacial score (nSPS) is 17.3. The Balaban J connectivity index is 1.53. The Morgan fingerprint density at radius 2 is 1.12 bits per heavy atom. The van der Waals surface area contributed by atoms with Crippen LogP contribution in [-0.2, 0) is 36.8 Å². The van der Waals surface area contributed by atoms with Crippen LogP contribution in [0.5, 0.6) is 0 Å². The number of epoxide rings is 1. The van der Waals surface area contributed by atoms with Gasteiger partial charge in [-0.1, -0.05) is 107 Å². The molecule has 3 aromatic carbocycles. The number of anilines is 1. The van der Waals surface area contributed by atoms with Gasteiger partial charge in [-0.2, -0.15) is 0 Å². The van der Waals surface area contributed by atoms with E-state index >= 15 is 0 Å². The predicted molar refractivity (Wildman–Crippen MR) is 209 cm³/mol. The summed E-state index contributed by atoms with van der Waals surface area (Å²) in [6, 6.07) is 25.1. The average Bonchev–Trinajstić information content (AvgIpc) is 3.87. The molecule has 0 radical (unpaired) electrons. The average molecular weight is 728 g/mol. The van der Waals surface area contributed by atoms with Crippen molar-refractivity contribution in [1.29, 1.82) is 0 Å². The zero-order valence-electron chi connectivity index (χ0n) is 30.8. The Morgan fingerprint density at radius 1 is 0.654 bits per heavy atom. The first-order chi connectivity index (χ1) is 24.8. The molecule has 4 rings (SSSR count). The number of hydrogen-bond acceptors (Lipinski definition) is 6. The third-order valence-electron chi connectivity index (χ3n) is 8.91. The summed E-state index contributed by atoms with van der Waals surface area (Å²) in [5, 5.41) is 15.4. The zero-order chi connectivity index (χ0) is 37.7. The van der Waals surface area contributed by atoms with E-state index in [1.807, 2.05) is 119 Å². The minimum Gasteiger partial charge on any atom is -0.361 e. The molecule has 5 N–H and O–H groups in total. The van der Waals surface area contributed by atoms with Gasteiger partial charge in [0.25, 0.3) is 0 Å². The summed E-state index contributed by atoms with van der Waals surface area (Å²) in [6.07, 6.45) is 1.97. The van der Waals surface area contributed by atoms with Gasteiger partial charge in [0.1, 0.15) is 23.7 Å². The first-order valence-corrected chi connectivity index (χ1v) is 18.5. The maximum absolute atomic E-state index is 14.1. The van der Waals surface area contributed by atoms with Gasteiger partial charge < -0.3 is 31.3 Å². The molecule has 1 heterocycles. The lowest BCUT2D eigenvalue weighted by atomic mass is 9.93. The van der Waals surface area contributed by atoms with Crippen LogP contribution in [0.4, 0.5) is 5.69 Å². The summed E-state index contributed by atoms with van der Waals surface area (Å²) in [7, 11) is 0. The summed E-state index contributed by atoms with van der Waals surface area (Å²) in [5.41, 5.74) is 1.76. The van der Waals surface area contributed by atoms with Gasteiger partial charge in [-0.15, -0.1) is 0 Å². The lowest BCUT2D eigenvalue weighted by Gasteiger charge is -2.28. The topological polar surface area (TPSA) is 141 Å². The molecule has 0 bridgehead atoms. The highest BCUT2D eigenvalue weighted by Crippen LogP contribution is 2.29. The van der Waals surface area contributed by atoms with E-state index in [1.165, 1.54) is 0 Å². The molecule has 5 atom stereocenters. The summed E-state index contributed by atoms with van der Waals surface area (Å²) in [6.45, 7) is 9.93. The molecule has 1 fully saturated rings. The molecule has 52 heavy (non-hydrogen) atoms. The number of aryl methyl sites for hydroxylation is 1. The molecule has 0 saturated carbocycles. The lowest BCUT2D eigenvalue weighted by molar-refractivity contribution is -0.134. The number of carbonyl (C=O) groups is 4. The molecular weight excluding hydrogens is 675 g/mol. The van der Waals surface area contributed by atoms with Gasteiger partial charge >= 0.3 is 0 Å². The number of ether oxygens (including phenoxy) is 1. The van der Waals surface area contributed by atoms with Crippen LogP contribution in [0.1, 0.15) is 65.0 Å². The molecule has 3 aromatic rings. The number of ketones is 1. The smallest absolute Gasteiger partial charge is 0.243 e. The van der Waals surface area contributed by atoms with Crippen molar-refractivity contribution < 1.29 is 23.9 Å². The Morgan fingerprint density at radius 3 is 1.67 bits per heavy atom. The Labute approximate surface area is 313 Å². The Kier molecular flexibility index (Phi) is 14.9.